The van der Waals surface area contributed by atoms with Crippen molar-refractivity contribution in [2.75, 3.05) is 0 Å². The van der Waals surface area contributed by atoms with Crippen molar-refractivity contribution in [3.63, 3.8) is 0 Å². The van der Waals surface area contributed by atoms with E-state index in [-0.39, 0.29) is 11.3 Å². The van der Waals surface area contributed by atoms with Crippen molar-refractivity contribution in [3.05, 3.63) is 28.2 Å². The van der Waals surface area contributed by atoms with E-state index in [4.69, 9.17) is 0 Å². The molecule has 0 aliphatic rings. The Balaban J connectivity index is 3.08. The van der Waals surface area contributed by atoms with Crippen LogP contribution in [0, 0.1) is 5.92 Å². The van der Waals surface area contributed by atoms with E-state index < -0.39 is 0 Å². The fraction of sp³-hybridized carbons (Fsp3) is 0.500. The molecule has 4 nitrogen and oxygen atoms in total. The predicted octanol–water partition coefficient (Wildman–Crippen LogP) is 1.10. The maximum Gasteiger partial charge on any atom is 0.266 e. The van der Waals surface area contributed by atoms with Crippen LogP contribution in [0.15, 0.2) is 16.9 Å². The van der Waals surface area contributed by atoms with Gasteiger partial charge in [-0.05, 0) is 12.0 Å². The average Bonchev–Trinajstić information content (AvgIpc) is 2.07. The van der Waals surface area contributed by atoms with E-state index in [1.807, 2.05) is 13.8 Å². The zero-order chi connectivity index (χ0) is 10.7. The molecular weight excluding hydrogens is 180 g/mol. The van der Waals surface area contributed by atoms with Gasteiger partial charge < -0.3 is 0 Å². The minimum absolute atomic E-state index is 0.123. The van der Waals surface area contributed by atoms with Crippen molar-refractivity contribution in [3.8, 4) is 0 Å². The van der Waals surface area contributed by atoms with Crippen LogP contribution in [0.1, 0.15) is 31.3 Å². The highest BCUT2D eigenvalue weighted by molar-refractivity contribution is 5.91. The number of nitrogens with zero attached hydrogens (tertiary/aromatic N) is 2. The normalized spacial score (nSPS) is 10.6. The molecule has 1 aromatic heterocycles. The van der Waals surface area contributed by atoms with E-state index in [0.29, 0.717) is 18.2 Å². The average molecular weight is 194 g/mol. The Bertz CT molecular complexity index is 393. The molecule has 0 atom stereocenters. The number of hydrogen-bond acceptors (Lipinski definition) is 3. The highest BCUT2D eigenvalue weighted by Crippen LogP contribution is 1.96. The Morgan fingerprint density at radius 3 is 2.64 bits per heavy atom. The quantitative estimate of drug-likeness (QED) is 0.677. The molecule has 76 valence electrons. The molecule has 4 heteroatoms. The van der Waals surface area contributed by atoms with Crippen molar-refractivity contribution in [1.29, 1.82) is 0 Å². The van der Waals surface area contributed by atoms with E-state index in [9.17, 15) is 9.59 Å². The van der Waals surface area contributed by atoms with Crippen molar-refractivity contribution in [2.24, 2.45) is 5.92 Å². The predicted molar refractivity (Wildman–Crippen MR) is 53.3 cm³/mol. The van der Waals surface area contributed by atoms with Gasteiger partial charge in [0.25, 0.3) is 5.56 Å². The summed E-state index contributed by atoms with van der Waals surface area (Å²) in [5.74, 6) is 0.213. The summed E-state index contributed by atoms with van der Waals surface area (Å²) in [4.78, 5) is 22.3. The van der Waals surface area contributed by atoms with Crippen LogP contribution in [0.2, 0.25) is 0 Å². The highest BCUT2D eigenvalue weighted by atomic mass is 16.1. The van der Waals surface area contributed by atoms with Gasteiger partial charge in [0.2, 0.25) is 0 Å². The molecule has 0 fully saturated rings. The van der Waals surface area contributed by atoms with E-state index in [2.05, 4.69) is 5.10 Å². The summed E-state index contributed by atoms with van der Waals surface area (Å²) in [7, 11) is 0. The molecule has 0 amide bonds. The first-order chi connectivity index (χ1) is 6.50. The minimum atomic E-state index is -0.163. The van der Waals surface area contributed by atoms with E-state index >= 15 is 0 Å². The molecule has 0 aliphatic heterocycles. The van der Waals surface area contributed by atoms with Gasteiger partial charge in [-0.15, -0.1) is 0 Å². The smallest absolute Gasteiger partial charge is 0.266 e. The van der Waals surface area contributed by atoms with Gasteiger partial charge in [-0.2, -0.15) is 5.10 Å². The van der Waals surface area contributed by atoms with Gasteiger partial charge in [0.05, 0.1) is 0 Å². The number of rotatable bonds is 3. The van der Waals surface area contributed by atoms with Crippen molar-refractivity contribution in [2.45, 2.75) is 27.3 Å². The second kappa shape index (κ2) is 4.17. The van der Waals surface area contributed by atoms with Crippen LogP contribution in [0.25, 0.3) is 0 Å². The Labute approximate surface area is 82.6 Å². The SMILES string of the molecule is CC(=O)c1ccc(=O)n(CC(C)C)n1. The fourth-order valence-corrected chi connectivity index (χ4v) is 1.11. The Morgan fingerprint density at radius 2 is 2.14 bits per heavy atom. The van der Waals surface area contributed by atoms with E-state index in [1.165, 1.54) is 23.7 Å². The van der Waals surface area contributed by atoms with Crippen LogP contribution in [0.4, 0.5) is 0 Å². The molecule has 0 unspecified atom stereocenters. The first kappa shape index (κ1) is 10.6. The first-order valence-electron chi connectivity index (χ1n) is 4.60. The molecule has 0 saturated carbocycles. The van der Waals surface area contributed by atoms with E-state index in [1.54, 1.807) is 0 Å². The number of ketones is 1. The van der Waals surface area contributed by atoms with Crippen LogP contribution in [-0.2, 0) is 6.54 Å². The summed E-state index contributed by atoms with van der Waals surface area (Å²) in [5, 5.41) is 3.97. The number of hydrogen-bond donors (Lipinski definition) is 0. The lowest BCUT2D eigenvalue weighted by Gasteiger charge is -2.07. The molecule has 0 radical (unpaired) electrons. The van der Waals surface area contributed by atoms with Gasteiger partial charge in [-0.25, -0.2) is 4.68 Å². The van der Waals surface area contributed by atoms with Crippen LogP contribution < -0.4 is 5.56 Å². The number of carbonyl (C=O) groups is 1. The fourth-order valence-electron chi connectivity index (χ4n) is 1.11. The number of Topliss-reactive ketones (excluding diaryl/α,β-unsaturated/α-hetero) is 1. The van der Waals surface area contributed by atoms with E-state index in [0.717, 1.165) is 0 Å². The lowest BCUT2D eigenvalue weighted by Crippen LogP contribution is -2.25. The zero-order valence-electron chi connectivity index (χ0n) is 8.65. The topological polar surface area (TPSA) is 52.0 Å². The summed E-state index contributed by atoms with van der Waals surface area (Å²) in [5.41, 5.74) is 0.175. The number of aromatic nitrogens is 2. The maximum absolute atomic E-state index is 11.3. The molecule has 1 aromatic rings. The summed E-state index contributed by atoms with van der Waals surface area (Å²) in [6.07, 6.45) is 0. The maximum atomic E-state index is 11.3. The zero-order valence-corrected chi connectivity index (χ0v) is 8.65. The highest BCUT2D eigenvalue weighted by Gasteiger charge is 2.05. The van der Waals surface area contributed by atoms with Crippen molar-refractivity contribution in [1.82, 2.24) is 9.78 Å². The second-order valence-electron chi connectivity index (χ2n) is 3.69. The summed E-state index contributed by atoms with van der Waals surface area (Å²) in [6.45, 7) is 5.97. The van der Waals surface area contributed by atoms with Gasteiger partial charge in [0.15, 0.2) is 5.78 Å². The monoisotopic (exact) mass is 194 g/mol. The summed E-state index contributed by atoms with van der Waals surface area (Å²) >= 11 is 0. The van der Waals surface area contributed by atoms with Gasteiger partial charge in [-0.3, -0.25) is 9.59 Å². The Hall–Kier alpha value is -1.45. The van der Waals surface area contributed by atoms with Crippen molar-refractivity contribution >= 4 is 5.78 Å². The van der Waals surface area contributed by atoms with Gasteiger partial charge >= 0.3 is 0 Å². The molecule has 1 rings (SSSR count). The molecule has 0 aliphatic carbocycles. The minimum Gasteiger partial charge on any atom is -0.293 e. The lowest BCUT2D eigenvalue weighted by atomic mass is 10.2. The second-order valence-corrected chi connectivity index (χ2v) is 3.69. The first-order valence-corrected chi connectivity index (χ1v) is 4.60. The Kier molecular flexibility index (Phi) is 3.17. The molecule has 0 saturated heterocycles. The van der Waals surface area contributed by atoms with Gasteiger partial charge in [0, 0.05) is 19.5 Å². The molecule has 0 spiro atoms. The molecule has 0 aromatic carbocycles. The summed E-state index contributed by atoms with van der Waals surface area (Å²) in [6, 6.07) is 2.84. The largest absolute Gasteiger partial charge is 0.293 e. The third kappa shape index (κ3) is 2.52. The third-order valence-electron chi connectivity index (χ3n) is 1.77. The molecule has 14 heavy (non-hydrogen) atoms. The standard InChI is InChI=1S/C10H14N2O2/c1-7(2)6-12-10(14)5-4-9(11-12)8(3)13/h4-5,7H,6H2,1-3H3. The lowest BCUT2D eigenvalue weighted by molar-refractivity contribution is 0.101. The molecule has 0 bridgehead atoms. The van der Waals surface area contributed by atoms with Crippen LogP contribution >= 0.6 is 0 Å². The van der Waals surface area contributed by atoms with Crippen LogP contribution in [-0.4, -0.2) is 15.6 Å². The third-order valence-corrected chi connectivity index (χ3v) is 1.77. The Morgan fingerprint density at radius 1 is 1.50 bits per heavy atom. The molecule has 0 N–H and O–H groups in total. The van der Waals surface area contributed by atoms with Crippen LogP contribution in [0.5, 0.6) is 0 Å². The van der Waals surface area contributed by atoms with Crippen molar-refractivity contribution < 1.29 is 4.79 Å². The van der Waals surface area contributed by atoms with Crippen LogP contribution in [0.3, 0.4) is 0 Å². The van der Waals surface area contributed by atoms with Gasteiger partial charge in [-0.1, -0.05) is 13.8 Å². The summed E-state index contributed by atoms with van der Waals surface area (Å²) < 4.78 is 1.33. The number of carbonyl (C=O) groups excluding carboxylic acids is 1. The van der Waals surface area contributed by atoms with Gasteiger partial charge in [0.1, 0.15) is 5.69 Å². The molecular formula is C10H14N2O2. The molecule has 1 heterocycles.